The van der Waals surface area contributed by atoms with Crippen molar-refractivity contribution in [3.05, 3.63) is 83.7 Å². The van der Waals surface area contributed by atoms with E-state index < -0.39 is 5.97 Å². The third kappa shape index (κ3) is 5.89. The summed E-state index contributed by atoms with van der Waals surface area (Å²) in [5.74, 6) is 0.397. The molecule has 0 radical (unpaired) electrons. The fourth-order valence-corrected chi connectivity index (χ4v) is 2.59. The second-order valence-electron chi connectivity index (χ2n) is 6.20. The van der Waals surface area contributed by atoms with Gasteiger partial charge in [0.25, 0.3) is 5.91 Å². The largest absolute Gasteiger partial charge is 0.494 e. The Morgan fingerprint density at radius 1 is 1.06 bits per heavy atom. The van der Waals surface area contributed by atoms with E-state index in [1.165, 1.54) is 19.5 Å². The lowest BCUT2D eigenvalue weighted by molar-refractivity contribution is 0.0729. The van der Waals surface area contributed by atoms with E-state index in [4.69, 9.17) is 14.2 Å². The van der Waals surface area contributed by atoms with Crippen molar-refractivity contribution in [2.45, 2.75) is 6.92 Å². The van der Waals surface area contributed by atoms with Crippen LogP contribution in [0.1, 0.15) is 33.2 Å². The Hall–Kier alpha value is -4.20. The number of esters is 1. The Labute approximate surface area is 179 Å². The van der Waals surface area contributed by atoms with Crippen molar-refractivity contribution in [3.8, 4) is 17.2 Å². The molecule has 3 aromatic rings. The predicted molar refractivity (Wildman–Crippen MR) is 115 cm³/mol. The highest BCUT2D eigenvalue weighted by Gasteiger charge is 2.13. The summed E-state index contributed by atoms with van der Waals surface area (Å²) in [6.45, 7) is 2.45. The number of rotatable bonds is 8. The molecular weight excluding hydrogens is 398 g/mol. The highest BCUT2D eigenvalue weighted by Crippen LogP contribution is 2.28. The van der Waals surface area contributed by atoms with E-state index in [2.05, 4.69) is 15.5 Å². The number of pyridine rings is 1. The standard InChI is InChI=1S/C23H21N3O5/c1-3-30-19-9-7-17(8-10-19)22(27)26-25-14-16-6-11-20(21(13-16)29-2)31-23(28)18-5-4-12-24-15-18/h4-15H,3H2,1-2H3,(H,26,27)/b25-14+. The molecule has 0 fully saturated rings. The van der Waals surface area contributed by atoms with Crippen LogP contribution in [0.15, 0.2) is 72.1 Å². The van der Waals surface area contributed by atoms with E-state index in [0.29, 0.717) is 34.8 Å². The number of hydrogen-bond donors (Lipinski definition) is 1. The van der Waals surface area contributed by atoms with Gasteiger partial charge in [-0.25, -0.2) is 10.2 Å². The first-order valence-electron chi connectivity index (χ1n) is 9.47. The number of amides is 1. The van der Waals surface area contributed by atoms with Gasteiger partial charge in [-0.1, -0.05) is 0 Å². The molecule has 2 aromatic carbocycles. The van der Waals surface area contributed by atoms with Gasteiger partial charge in [-0.15, -0.1) is 0 Å². The van der Waals surface area contributed by atoms with E-state index in [1.807, 2.05) is 6.92 Å². The molecule has 1 heterocycles. The first-order chi connectivity index (χ1) is 15.1. The third-order valence-electron chi connectivity index (χ3n) is 4.09. The molecule has 0 aliphatic heterocycles. The Morgan fingerprint density at radius 3 is 2.55 bits per heavy atom. The maximum atomic E-state index is 12.2. The normalized spacial score (nSPS) is 10.5. The summed E-state index contributed by atoms with van der Waals surface area (Å²) in [6.07, 6.45) is 4.45. The predicted octanol–water partition coefficient (Wildman–Crippen LogP) is 3.47. The summed E-state index contributed by atoms with van der Waals surface area (Å²) in [4.78, 5) is 28.3. The van der Waals surface area contributed by atoms with Gasteiger partial charge in [-0.3, -0.25) is 9.78 Å². The first-order valence-corrected chi connectivity index (χ1v) is 9.47. The molecule has 8 heteroatoms. The molecule has 0 aliphatic carbocycles. The molecule has 0 saturated carbocycles. The van der Waals surface area contributed by atoms with Crippen LogP contribution in [0.3, 0.4) is 0 Å². The van der Waals surface area contributed by atoms with Gasteiger partial charge < -0.3 is 14.2 Å². The van der Waals surface area contributed by atoms with Crippen LogP contribution >= 0.6 is 0 Å². The summed E-state index contributed by atoms with van der Waals surface area (Å²) in [6, 6.07) is 14.9. The van der Waals surface area contributed by atoms with Crippen LogP contribution in [0.25, 0.3) is 0 Å². The van der Waals surface area contributed by atoms with Crippen molar-refractivity contribution in [3.63, 3.8) is 0 Å². The molecule has 3 rings (SSSR count). The van der Waals surface area contributed by atoms with Crippen molar-refractivity contribution < 1.29 is 23.8 Å². The van der Waals surface area contributed by atoms with Gasteiger partial charge in [-0.05, 0) is 67.1 Å². The number of nitrogens with zero attached hydrogens (tertiary/aromatic N) is 2. The zero-order valence-electron chi connectivity index (χ0n) is 17.1. The molecule has 31 heavy (non-hydrogen) atoms. The number of aromatic nitrogens is 1. The van der Waals surface area contributed by atoms with Crippen molar-refractivity contribution in [2.24, 2.45) is 5.10 Å². The summed E-state index contributed by atoms with van der Waals surface area (Å²) >= 11 is 0. The maximum absolute atomic E-state index is 12.2. The number of carbonyl (C=O) groups excluding carboxylic acids is 2. The quantitative estimate of drug-likeness (QED) is 0.260. The lowest BCUT2D eigenvalue weighted by Gasteiger charge is -2.09. The summed E-state index contributed by atoms with van der Waals surface area (Å²) < 4.78 is 16.0. The van der Waals surface area contributed by atoms with Gasteiger partial charge in [0.05, 0.1) is 25.5 Å². The lowest BCUT2D eigenvalue weighted by atomic mass is 10.2. The molecule has 0 spiro atoms. The lowest BCUT2D eigenvalue weighted by Crippen LogP contribution is -2.17. The second-order valence-corrected chi connectivity index (χ2v) is 6.20. The first kappa shape index (κ1) is 21.5. The Bertz CT molecular complexity index is 1070. The Kier molecular flexibility index (Phi) is 7.31. The van der Waals surface area contributed by atoms with Crippen LogP contribution in [0.2, 0.25) is 0 Å². The molecule has 158 valence electrons. The minimum Gasteiger partial charge on any atom is -0.494 e. The number of nitrogens with one attached hydrogen (secondary N) is 1. The average Bonchev–Trinajstić information content (AvgIpc) is 2.81. The minimum absolute atomic E-state index is 0.256. The van der Waals surface area contributed by atoms with Crippen LogP contribution < -0.4 is 19.6 Å². The smallest absolute Gasteiger partial charge is 0.345 e. The number of methoxy groups -OCH3 is 1. The molecular formula is C23H21N3O5. The number of carbonyl (C=O) groups is 2. The summed E-state index contributed by atoms with van der Waals surface area (Å²) in [7, 11) is 1.46. The van der Waals surface area contributed by atoms with Crippen molar-refractivity contribution >= 4 is 18.1 Å². The van der Waals surface area contributed by atoms with E-state index in [1.54, 1.807) is 60.8 Å². The zero-order valence-corrected chi connectivity index (χ0v) is 17.1. The highest BCUT2D eigenvalue weighted by atomic mass is 16.6. The molecule has 0 aliphatic rings. The number of ether oxygens (including phenoxy) is 3. The van der Waals surface area contributed by atoms with Gasteiger partial charge in [0.2, 0.25) is 0 Å². The molecule has 0 saturated heterocycles. The molecule has 1 N–H and O–H groups in total. The maximum Gasteiger partial charge on any atom is 0.345 e. The SMILES string of the molecule is CCOc1ccc(C(=O)N/N=C/c2ccc(OC(=O)c3cccnc3)c(OC)c2)cc1. The highest BCUT2D eigenvalue weighted by molar-refractivity contribution is 5.95. The van der Waals surface area contributed by atoms with Crippen molar-refractivity contribution in [1.82, 2.24) is 10.4 Å². The zero-order chi connectivity index (χ0) is 22.1. The van der Waals surface area contributed by atoms with Crippen LogP contribution in [0.4, 0.5) is 0 Å². The molecule has 1 aromatic heterocycles. The Morgan fingerprint density at radius 2 is 1.87 bits per heavy atom. The van der Waals surface area contributed by atoms with Crippen LogP contribution in [-0.4, -0.2) is 36.8 Å². The summed E-state index contributed by atoms with van der Waals surface area (Å²) in [5, 5.41) is 3.96. The summed E-state index contributed by atoms with van der Waals surface area (Å²) in [5.41, 5.74) is 3.89. The fourth-order valence-electron chi connectivity index (χ4n) is 2.59. The molecule has 0 unspecified atom stereocenters. The average molecular weight is 419 g/mol. The number of benzene rings is 2. The van der Waals surface area contributed by atoms with Gasteiger partial charge in [0.15, 0.2) is 11.5 Å². The van der Waals surface area contributed by atoms with Gasteiger partial charge >= 0.3 is 5.97 Å². The second kappa shape index (κ2) is 10.5. The van der Waals surface area contributed by atoms with Gasteiger partial charge in [0.1, 0.15) is 5.75 Å². The van der Waals surface area contributed by atoms with Crippen molar-refractivity contribution in [1.29, 1.82) is 0 Å². The molecule has 0 bridgehead atoms. The van der Waals surface area contributed by atoms with Crippen LogP contribution in [0.5, 0.6) is 17.2 Å². The molecule has 8 nitrogen and oxygen atoms in total. The van der Waals surface area contributed by atoms with Crippen molar-refractivity contribution in [2.75, 3.05) is 13.7 Å². The molecule has 1 amide bonds. The Balaban J connectivity index is 1.63. The van der Waals surface area contributed by atoms with Gasteiger partial charge in [0, 0.05) is 18.0 Å². The minimum atomic E-state index is -0.546. The molecule has 0 atom stereocenters. The van der Waals surface area contributed by atoms with E-state index >= 15 is 0 Å². The van der Waals surface area contributed by atoms with E-state index in [-0.39, 0.29) is 11.7 Å². The van der Waals surface area contributed by atoms with E-state index in [9.17, 15) is 9.59 Å². The topological polar surface area (TPSA) is 99.1 Å². The third-order valence-corrected chi connectivity index (χ3v) is 4.09. The number of hydrazone groups is 1. The van der Waals surface area contributed by atoms with Crippen LogP contribution in [0, 0.1) is 0 Å². The van der Waals surface area contributed by atoms with E-state index in [0.717, 1.165) is 0 Å². The van der Waals surface area contributed by atoms with Crippen LogP contribution in [-0.2, 0) is 0 Å². The van der Waals surface area contributed by atoms with Gasteiger partial charge in [-0.2, -0.15) is 5.10 Å². The fraction of sp³-hybridized carbons (Fsp3) is 0.130. The number of hydrogen-bond acceptors (Lipinski definition) is 7. The monoisotopic (exact) mass is 419 g/mol.